The summed E-state index contributed by atoms with van der Waals surface area (Å²) in [6, 6.07) is 7.14. The molecule has 0 fully saturated rings. The molecular formula is C15H20N2O4. The van der Waals surface area contributed by atoms with Crippen molar-refractivity contribution in [2.45, 2.75) is 6.42 Å². The van der Waals surface area contributed by atoms with Crippen molar-refractivity contribution in [2.24, 2.45) is 0 Å². The van der Waals surface area contributed by atoms with E-state index in [1.807, 2.05) is 24.3 Å². The van der Waals surface area contributed by atoms with Crippen LogP contribution < -0.4 is 10.1 Å². The first-order valence-electron chi connectivity index (χ1n) is 6.55. The molecule has 6 nitrogen and oxygen atoms in total. The molecule has 0 saturated carbocycles. The largest absolute Gasteiger partial charge is 0.497 e. The predicted molar refractivity (Wildman–Crippen MR) is 79.5 cm³/mol. The van der Waals surface area contributed by atoms with Crippen molar-refractivity contribution in [2.75, 3.05) is 26.7 Å². The lowest BCUT2D eigenvalue weighted by molar-refractivity contribution is -0.137. The summed E-state index contributed by atoms with van der Waals surface area (Å²) in [5.74, 6) is -0.294. The van der Waals surface area contributed by atoms with Gasteiger partial charge in [0.15, 0.2) is 0 Å². The zero-order valence-electron chi connectivity index (χ0n) is 12.0. The number of ether oxygens (including phenoxy) is 1. The summed E-state index contributed by atoms with van der Waals surface area (Å²) in [5.41, 5.74) is 1.03. The van der Waals surface area contributed by atoms with Crippen molar-refractivity contribution < 1.29 is 19.4 Å². The highest BCUT2D eigenvalue weighted by molar-refractivity contribution is 5.80. The molecule has 21 heavy (non-hydrogen) atoms. The van der Waals surface area contributed by atoms with E-state index < -0.39 is 12.0 Å². The lowest BCUT2D eigenvalue weighted by Gasteiger charge is -2.19. The van der Waals surface area contributed by atoms with Crippen LogP contribution in [0.1, 0.15) is 5.56 Å². The van der Waals surface area contributed by atoms with Gasteiger partial charge >= 0.3 is 12.0 Å². The molecular weight excluding hydrogens is 272 g/mol. The van der Waals surface area contributed by atoms with Crippen LogP contribution in [-0.2, 0) is 11.2 Å². The Balaban J connectivity index is 2.47. The Kier molecular flexibility index (Phi) is 6.80. The van der Waals surface area contributed by atoms with E-state index in [9.17, 15) is 9.59 Å². The fraction of sp³-hybridized carbons (Fsp3) is 0.333. The van der Waals surface area contributed by atoms with Gasteiger partial charge in [-0.2, -0.15) is 0 Å². The second kappa shape index (κ2) is 8.63. The Morgan fingerprint density at radius 2 is 2.24 bits per heavy atom. The molecule has 0 aromatic heterocycles. The summed E-state index contributed by atoms with van der Waals surface area (Å²) in [6.45, 7) is 3.77. The molecule has 0 heterocycles. The number of amides is 2. The highest BCUT2D eigenvalue weighted by Crippen LogP contribution is 2.12. The van der Waals surface area contributed by atoms with E-state index >= 15 is 0 Å². The molecule has 0 radical (unpaired) electrons. The zero-order chi connectivity index (χ0) is 15.7. The number of rotatable bonds is 8. The summed E-state index contributed by atoms with van der Waals surface area (Å²) in [5, 5.41) is 11.4. The summed E-state index contributed by atoms with van der Waals surface area (Å²) >= 11 is 0. The fourth-order valence-electron chi connectivity index (χ4n) is 1.79. The van der Waals surface area contributed by atoms with Crippen LogP contribution in [0.25, 0.3) is 0 Å². The number of aliphatic carboxylic acids is 1. The fourth-order valence-corrected chi connectivity index (χ4v) is 1.79. The number of nitrogens with one attached hydrogen (secondary N) is 1. The molecule has 0 aliphatic carbocycles. The molecule has 0 bridgehead atoms. The van der Waals surface area contributed by atoms with Crippen molar-refractivity contribution >= 4 is 12.0 Å². The summed E-state index contributed by atoms with van der Waals surface area (Å²) in [4.78, 5) is 23.7. The van der Waals surface area contributed by atoms with Crippen LogP contribution in [0.5, 0.6) is 5.75 Å². The molecule has 2 N–H and O–H groups in total. The van der Waals surface area contributed by atoms with E-state index in [4.69, 9.17) is 9.84 Å². The SMILES string of the molecule is C=CCN(CC(=O)O)C(=O)NCCc1cccc(OC)c1. The summed E-state index contributed by atoms with van der Waals surface area (Å²) in [7, 11) is 1.60. The van der Waals surface area contributed by atoms with Gasteiger partial charge < -0.3 is 20.1 Å². The topological polar surface area (TPSA) is 78.9 Å². The standard InChI is InChI=1S/C15H20N2O4/c1-3-9-17(11-14(18)19)15(20)16-8-7-12-5-4-6-13(10-12)21-2/h3-6,10H,1,7-9,11H2,2H3,(H,16,20)(H,18,19). The Morgan fingerprint density at radius 1 is 1.48 bits per heavy atom. The highest BCUT2D eigenvalue weighted by Gasteiger charge is 2.14. The monoisotopic (exact) mass is 292 g/mol. The minimum absolute atomic E-state index is 0.192. The third-order valence-corrected chi connectivity index (χ3v) is 2.79. The molecule has 114 valence electrons. The van der Waals surface area contributed by atoms with Crippen molar-refractivity contribution in [3.8, 4) is 5.75 Å². The Hall–Kier alpha value is -2.50. The number of carbonyl (C=O) groups excluding carboxylic acids is 1. The van der Waals surface area contributed by atoms with Crippen LogP contribution in [-0.4, -0.2) is 48.8 Å². The van der Waals surface area contributed by atoms with Gasteiger partial charge in [-0.1, -0.05) is 18.2 Å². The van der Waals surface area contributed by atoms with Gasteiger partial charge in [-0.3, -0.25) is 4.79 Å². The third kappa shape index (κ3) is 5.99. The molecule has 1 aromatic carbocycles. The molecule has 1 aromatic rings. The number of hydrogen-bond acceptors (Lipinski definition) is 3. The van der Waals surface area contributed by atoms with Crippen molar-refractivity contribution in [3.63, 3.8) is 0 Å². The Labute approximate surface area is 124 Å². The van der Waals surface area contributed by atoms with Crippen LogP contribution in [0.4, 0.5) is 4.79 Å². The molecule has 0 saturated heterocycles. The third-order valence-electron chi connectivity index (χ3n) is 2.79. The van der Waals surface area contributed by atoms with E-state index in [1.165, 1.54) is 11.0 Å². The molecule has 2 amide bonds. The van der Waals surface area contributed by atoms with Gasteiger partial charge in [0.1, 0.15) is 12.3 Å². The van der Waals surface area contributed by atoms with Crippen LogP contribution in [0, 0.1) is 0 Å². The first-order chi connectivity index (χ1) is 10.1. The second-order valence-electron chi connectivity index (χ2n) is 4.40. The van der Waals surface area contributed by atoms with Crippen molar-refractivity contribution in [1.82, 2.24) is 10.2 Å². The van der Waals surface area contributed by atoms with Gasteiger partial charge in [-0.25, -0.2) is 4.79 Å². The maximum Gasteiger partial charge on any atom is 0.323 e. The van der Waals surface area contributed by atoms with Crippen molar-refractivity contribution in [3.05, 3.63) is 42.5 Å². The molecule has 0 spiro atoms. The van der Waals surface area contributed by atoms with E-state index in [1.54, 1.807) is 7.11 Å². The molecule has 0 aliphatic rings. The maximum atomic E-state index is 11.9. The minimum Gasteiger partial charge on any atom is -0.497 e. The van der Waals surface area contributed by atoms with E-state index in [2.05, 4.69) is 11.9 Å². The number of carboxylic acids is 1. The van der Waals surface area contributed by atoms with E-state index in [0.717, 1.165) is 11.3 Å². The van der Waals surface area contributed by atoms with Crippen LogP contribution in [0.3, 0.4) is 0 Å². The zero-order valence-corrected chi connectivity index (χ0v) is 12.0. The van der Waals surface area contributed by atoms with Crippen LogP contribution in [0.2, 0.25) is 0 Å². The number of carboxylic acid groups (broad SMARTS) is 1. The number of nitrogens with zero attached hydrogens (tertiary/aromatic N) is 1. The maximum absolute atomic E-state index is 11.9. The number of urea groups is 1. The van der Waals surface area contributed by atoms with Gasteiger partial charge in [-0.15, -0.1) is 6.58 Å². The quantitative estimate of drug-likeness (QED) is 0.712. The van der Waals surface area contributed by atoms with Gasteiger partial charge in [0.2, 0.25) is 0 Å². The summed E-state index contributed by atoms with van der Waals surface area (Å²) < 4.78 is 5.12. The van der Waals surface area contributed by atoms with E-state index in [-0.39, 0.29) is 13.1 Å². The van der Waals surface area contributed by atoms with Gasteiger partial charge in [0.25, 0.3) is 0 Å². The normalized spacial score (nSPS) is 9.76. The molecule has 0 aliphatic heterocycles. The lowest BCUT2D eigenvalue weighted by atomic mass is 10.1. The first-order valence-corrected chi connectivity index (χ1v) is 6.55. The molecule has 0 atom stereocenters. The van der Waals surface area contributed by atoms with Gasteiger partial charge in [0, 0.05) is 13.1 Å². The second-order valence-corrected chi connectivity index (χ2v) is 4.40. The molecule has 6 heteroatoms. The average Bonchev–Trinajstić information content (AvgIpc) is 2.46. The smallest absolute Gasteiger partial charge is 0.323 e. The predicted octanol–water partition coefficient (Wildman–Crippen LogP) is 1.52. The van der Waals surface area contributed by atoms with Crippen LogP contribution in [0.15, 0.2) is 36.9 Å². The van der Waals surface area contributed by atoms with Crippen molar-refractivity contribution in [1.29, 1.82) is 0 Å². The van der Waals surface area contributed by atoms with Gasteiger partial charge in [-0.05, 0) is 24.1 Å². The number of methoxy groups -OCH3 is 1. The lowest BCUT2D eigenvalue weighted by Crippen LogP contribution is -2.43. The first kappa shape index (κ1) is 16.6. The minimum atomic E-state index is -1.06. The van der Waals surface area contributed by atoms with E-state index in [0.29, 0.717) is 13.0 Å². The molecule has 0 unspecified atom stereocenters. The number of benzene rings is 1. The highest BCUT2D eigenvalue weighted by atomic mass is 16.5. The number of hydrogen-bond donors (Lipinski definition) is 2. The summed E-state index contributed by atoms with van der Waals surface area (Å²) in [6.07, 6.45) is 2.13. The Morgan fingerprint density at radius 3 is 2.86 bits per heavy atom. The Bertz CT molecular complexity index is 502. The average molecular weight is 292 g/mol. The molecule has 1 rings (SSSR count). The number of carbonyl (C=O) groups is 2. The van der Waals surface area contributed by atoms with Gasteiger partial charge in [0.05, 0.1) is 7.11 Å². The van der Waals surface area contributed by atoms with Crippen LogP contribution >= 0.6 is 0 Å².